The Morgan fingerprint density at radius 1 is 1.22 bits per heavy atom. The molecule has 2 fully saturated rings. The predicted molar refractivity (Wildman–Crippen MR) is 116 cm³/mol. The van der Waals surface area contributed by atoms with E-state index in [2.05, 4.69) is 0 Å². The van der Waals surface area contributed by atoms with Gasteiger partial charge in [-0.15, -0.1) is 0 Å². The summed E-state index contributed by atoms with van der Waals surface area (Å²) in [6.07, 6.45) is 5.71. The summed E-state index contributed by atoms with van der Waals surface area (Å²) in [6.45, 7) is 0. The number of aliphatic hydroxyl groups is 2. The van der Waals surface area contributed by atoms with E-state index in [0.29, 0.717) is 12.2 Å². The number of ether oxygens (including phenoxy) is 1. The molecule has 5 rings (SSSR count). The van der Waals surface area contributed by atoms with Crippen LogP contribution in [0.1, 0.15) is 47.2 Å². The molecule has 2 aromatic rings. The van der Waals surface area contributed by atoms with Crippen LogP contribution in [-0.2, 0) is 11.8 Å². The first-order chi connectivity index (χ1) is 15.4. The second kappa shape index (κ2) is 8.01. The van der Waals surface area contributed by atoms with Crippen molar-refractivity contribution in [2.24, 2.45) is 11.8 Å². The van der Waals surface area contributed by atoms with E-state index < -0.39 is 23.6 Å². The van der Waals surface area contributed by atoms with Gasteiger partial charge < -0.3 is 20.1 Å². The van der Waals surface area contributed by atoms with E-state index in [1.165, 1.54) is 12.1 Å². The molecule has 1 unspecified atom stereocenters. The summed E-state index contributed by atoms with van der Waals surface area (Å²) in [7, 11) is 0. The Hall–Kier alpha value is -2.70. The van der Waals surface area contributed by atoms with Crippen molar-refractivity contribution >= 4 is 5.97 Å². The zero-order valence-corrected chi connectivity index (χ0v) is 17.7. The second-order valence-electron chi connectivity index (χ2n) is 9.36. The van der Waals surface area contributed by atoms with Crippen LogP contribution in [0.3, 0.4) is 0 Å². The lowest BCUT2D eigenvalue weighted by atomic mass is 9.85. The number of fused-ring (bicyclic) bond motifs is 2. The number of hydrogen-bond acceptors (Lipinski definition) is 4. The molecule has 3 N–H and O–H groups in total. The number of rotatable bonds is 5. The van der Waals surface area contributed by atoms with Crippen LogP contribution in [0, 0.1) is 17.7 Å². The molecule has 3 aliphatic rings. The summed E-state index contributed by atoms with van der Waals surface area (Å²) < 4.78 is 19.9. The normalized spacial score (nSPS) is 29.0. The maximum Gasteiger partial charge on any atom is 0.335 e. The fourth-order valence-corrected chi connectivity index (χ4v) is 5.48. The van der Waals surface area contributed by atoms with Crippen LogP contribution in [0.5, 0.6) is 5.75 Å². The Morgan fingerprint density at radius 2 is 2.03 bits per heavy atom. The van der Waals surface area contributed by atoms with Crippen LogP contribution in [0.2, 0.25) is 0 Å². The fraction of sp³-hybridized carbons (Fsp3) is 0.423. The highest BCUT2D eigenvalue weighted by Gasteiger charge is 2.50. The number of hydrogen-bond donors (Lipinski definition) is 3. The minimum Gasteiger partial charge on any atom is -0.490 e. The third-order valence-corrected chi connectivity index (χ3v) is 7.50. The van der Waals surface area contributed by atoms with E-state index in [1.807, 2.05) is 12.1 Å². The zero-order valence-electron chi connectivity index (χ0n) is 17.7. The molecule has 1 aliphatic heterocycles. The Bertz CT molecular complexity index is 1060. The SMILES string of the molecule is O=C(O)c1ccc2c(c1)O[C@H]1C[C@@H](O)[C@H](/C=C/C(O)C3(c4cccc(F)c4)CC3)[C@H]1CC2. The van der Waals surface area contributed by atoms with E-state index in [0.717, 1.165) is 36.8 Å². The average molecular weight is 438 g/mol. The molecule has 2 aliphatic carbocycles. The van der Waals surface area contributed by atoms with Gasteiger partial charge in [-0.2, -0.15) is 0 Å². The topological polar surface area (TPSA) is 87.0 Å². The number of carbonyl (C=O) groups is 1. The van der Waals surface area contributed by atoms with Gasteiger partial charge in [-0.1, -0.05) is 30.4 Å². The van der Waals surface area contributed by atoms with Crippen molar-refractivity contribution in [2.45, 2.75) is 55.8 Å². The summed E-state index contributed by atoms with van der Waals surface area (Å²) in [5.74, 6) is -0.812. The lowest BCUT2D eigenvalue weighted by Crippen LogP contribution is -2.26. The highest BCUT2D eigenvalue weighted by molar-refractivity contribution is 5.88. The number of carboxylic acid groups (broad SMARTS) is 1. The largest absolute Gasteiger partial charge is 0.490 e. The van der Waals surface area contributed by atoms with Crippen LogP contribution in [-0.4, -0.2) is 39.6 Å². The quantitative estimate of drug-likeness (QED) is 0.617. The molecule has 0 aromatic heterocycles. The van der Waals surface area contributed by atoms with Crippen molar-refractivity contribution in [3.8, 4) is 5.75 Å². The smallest absolute Gasteiger partial charge is 0.335 e. The molecule has 0 amide bonds. The molecule has 1 heterocycles. The second-order valence-corrected chi connectivity index (χ2v) is 9.36. The van der Waals surface area contributed by atoms with Crippen molar-refractivity contribution in [1.82, 2.24) is 0 Å². The van der Waals surface area contributed by atoms with E-state index in [4.69, 9.17) is 4.74 Å². The summed E-state index contributed by atoms with van der Waals surface area (Å²) in [5.41, 5.74) is 1.52. The lowest BCUT2D eigenvalue weighted by Gasteiger charge is -2.23. The summed E-state index contributed by atoms with van der Waals surface area (Å²) in [5, 5.41) is 30.9. The standard InChI is InChI=1S/C26H27FO5/c27-18-3-1-2-17(13-18)26(10-11-26)24(29)9-8-19-20-7-6-15-4-5-16(25(30)31)12-22(15)32-23(20)14-21(19)28/h1-5,8-9,12-13,19-21,23-24,28-29H,6-7,10-11,14H2,(H,30,31)/b9-8+/t19-,20-,21-,23+,24?/m1/s1. The number of aryl methyl sites for hydroxylation is 1. The third kappa shape index (κ3) is 3.71. The van der Waals surface area contributed by atoms with E-state index in [9.17, 15) is 24.5 Å². The Balaban J connectivity index is 1.33. The number of aliphatic hydroxyl groups excluding tert-OH is 2. The molecular formula is C26H27FO5. The molecule has 2 aromatic carbocycles. The molecule has 5 nitrogen and oxygen atoms in total. The highest BCUT2D eigenvalue weighted by atomic mass is 19.1. The summed E-state index contributed by atoms with van der Waals surface area (Å²) in [4.78, 5) is 11.3. The Morgan fingerprint density at radius 3 is 2.75 bits per heavy atom. The van der Waals surface area contributed by atoms with E-state index >= 15 is 0 Å². The monoisotopic (exact) mass is 438 g/mol. The molecule has 0 saturated heterocycles. The first kappa shape index (κ1) is 21.2. The minimum atomic E-state index is -0.995. The zero-order chi connectivity index (χ0) is 22.5. The van der Waals surface area contributed by atoms with Gasteiger partial charge in [-0.05, 0) is 61.1 Å². The van der Waals surface area contributed by atoms with E-state index in [-0.39, 0.29) is 29.3 Å². The average Bonchev–Trinajstić information content (AvgIpc) is 3.54. The lowest BCUT2D eigenvalue weighted by molar-refractivity contribution is 0.0695. The number of halogens is 1. The molecule has 5 atom stereocenters. The van der Waals surface area contributed by atoms with Gasteiger partial charge in [0.25, 0.3) is 0 Å². The molecule has 0 spiro atoms. The van der Waals surface area contributed by atoms with Crippen molar-refractivity contribution in [3.05, 3.63) is 77.1 Å². The maximum atomic E-state index is 13.7. The van der Waals surface area contributed by atoms with E-state index in [1.54, 1.807) is 30.3 Å². The van der Waals surface area contributed by atoms with Gasteiger partial charge in [0.15, 0.2) is 0 Å². The summed E-state index contributed by atoms with van der Waals surface area (Å²) in [6, 6.07) is 11.4. The molecular weight excluding hydrogens is 411 g/mol. The molecule has 2 saturated carbocycles. The van der Waals surface area contributed by atoms with Crippen LogP contribution in [0.15, 0.2) is 54.6 Å². The number of benzene rings is 2. The van der Waals surface area contributed by atoms with Gasteiger partial charge in [0, 0.05) is 23.7 Å². The van der Waals surface area contributed by atoms with Gasteiger partial charge in [-0.25, -0.2) is 9.18 Å². The van der Waals surface area contributed by atoms with Gasteiger partial charge >= 0.3 is 5.97 Å². The molecule has 6 heteroatoms. The van der Waals surface area contributed by atoms with Crippen molar-refractivity contribution < 1.29 is 29.2 Å². The van der Waals surface area contributed by atoms with Crippen molar-refractivity contribution in [2.75, 3.05) is 0 Å². The van der Waals surface area contributed by atoms with Gasteiger partial charge in [0.1, 0.15) is 17.7 Å². The third-order valence-electron chi connectivity index (χ3n) is 7.50. The summed E-state index contributed by atoms with van der Waals surface area (Å²) >= 11 is 0. The Kier molecular flexibility index (Phi) is 5.30. The minimum absolute atomic E-state index is 0.0680. The van der Waals surface area contributed by atoms with Crippen LogP contribution in [0.25, 0.3) is 0 Å². The molecule has 0 radical (unpaired) electrons. The van der Waals surface area contributed by atoms with Crippen LogP contribution in [0.4, 0.5) is 4.39 Å². The molecule has 32 heavy (non-hydrogen) atoms. The fourth-order valence-electron chi connectivity index (χ4n) is 5.48. The predicted octanol–water partition coefficient (Wildman–Crippen LogP) is 3.86. The maximum absolute atomic E-state index is 13.7. The number of aromatic carboxylic acids is 1. The molecule has 168 valence electrons. The Labute approximate surface area is 186 Å². The van der Waals surface area contributed by atoms with Crippen molar-refractivity contribution in [3.63, 3.8) is 0 Å². The van der Waals surface area contributed by atoms with Crippen LogP contribution >= 0.6 is 0 Å². The number of carboxylic acids is 1. The first-order valence-electron chi connectivity index (χ1n) is 11.2. The first-order valence-corrected chi connectivity index (χ1v) is 11.2. The van der Waals surface area contributed by atoms with Crippen molar-refractivity contribution in [1.29, 1.82) is 0 Å². The van der Waals surface area contributed by atoms with Gasteiger partial charge in [0.2, 0.25) is 0 Å². The van der Waals surface area contributed by atoms with Gasteiger partial charge in [-0.3, -0.25) is 0 Å². The highest BCUT2D eigenvalue weighted by Crippen LogP contribution is 2.52. The van der Waals surface area contributed by atoms with Gasteiger partial charge in [0.05, 0.1) is 17.8 Å². The molecule has 0 bridgehead atoms. The van der Waals surface area contributed by atoms with Crippen LogP contribution < -0.4 is 4.74 Å².